The number of nitriles is 1. The number of ether oxygens (including phenoxy) is 2. The van der Waals surface area contributed by atoms with Crippen LogP contribution < -0.4 is 15.2 Å². The molecule has 0 radical (unpaired) electrons. The molecule has 4 aromatic carbocycles. The van der Waals surface area contributed by atoms with Gasteiger partial charge in [-0.05, 0) is 34.9 Å². The molecule has 5 rings (SSSR count). The molecule has 1 unspecified atom stereocenters. The monoisotopic (exact) mass is 476 g/mol. The first-order valence-electron chi connectivity index (χ1n) is 11.3. The first-order chi connectivity index (χ1) is 17.5. The van der Waals surface area contributed by atoms with E-state index in [9.17, 15) is 14.4 Å². The second kappa shape index (κ2) is 9.77. The zero-order valence-corrected chi connectivity index (χ0v) is 19.1. The molecule has 0 saturated carbocycles. The van der Waals surface area contributed by atoms with E-state index in [0.717, 1.165) is 11.1 Å². The Morgan fingerprint density at radius 1 is 0.917 bits per heavy atom. The summed E-state index contributed by atoms with van der Waals surface area (Å²) in [6.07, 6.45) is 0. The molecule has 0 saturated heterocycles. The minimum atomic E-state index is -0.619. The molecule has 0 spiro atoms. The van der Waals surface area contributed by atoms with Crippen LogP contribution in [0.25, 0.3) is 0 Å². The number of hydrogen-bond donors (Lipinski definition) is 1. The van der Waals surface area contributed by atoms with Gasteiger partial charge in [0.15, 0.2) is 0 Å². The van der Waals surface area contributed by atoms with E-state index in [-0.39, 0.29) is 23.0 Å². The Bertz CT molecular complexity index is 1440. The summed E-state index contributed by atoms with van der Waals surface area (Å²) in [5.74, 6) is -1.38. The number of rotatable bonds is 5. The average Bonchev–Trinajstić information content (AvgIpc) is 2.90. The largest absolute Gasteiger partial charge is 0.440 e. The van der Waals surface area contributed by atoms with Crippen LogP contribution in [0.5, 0.6) is 11.5 Å². The van der Waals surface area contributed by atoms with Crippen LogP contribution in [0.15, 0.2) is 115 Å². The van der Waals surface area contributed by atoms with Crippen molar-refractivity contribution in [2.45, 2.75) is 11.8 Å². The summed E-state index contributed by atoms with van der Waals surface area (Å²) in [4.78, 5) is 13.4. The number of allylic oxidation sites excluding steroid dienone is 1. The molecule has 2 N–H and O–H groups in total. The molecule has 6 heteroatoms. The van der Waals surface area contributed by atoms with E-state index in [4.69, 9.17) is 15.2 Å². The molecule has 36 heavy (non-hydrogen) atoms. The highest BCUT2D eigenvalue weighted by molar-refractivity contribution is 5.84. The van der Waals surface area contributed by atoms with E-state index < -0.39 is 17.8 Å². The lowest BCUT2D eigenvalue weighted by molar-refractivity contribution is -0.135. The molecule has 1 aliphatic heterocycles. The Morgan fingerprint density at radius 2 is 1.53 bits per heavy atom. The first-order valence-corrected chi connectivity index (χ1v) is 11.3. The summed E-state index contributed by atoms with van der Waals surface area (Å²) in [5, 5.41) is 9.71. The van der Waals surface area contributed by atoms with Gasteiger partial charge in [0.05, 0.1) is 5.92 Å². The third-order valence-electron chi connectivity index (χ3n) is 6.11. The van der Waals surface area contributed by atoms with Gasteiger partial charge in [-0.2, -0.15) is 5.26 Å². The average molecular weight is 477 g/mol. The van der Waals surface area contributed by atoms with Gasteiger partial charge in [0.1, 0.15) is 34.9 Å². The van der Waals surface area contributed by atoms with Crippen molar-refractivity contribution in [1.29, 1.82) is 5.26 Å². The fourth-order valence-electron chi connectivity index (χ4n) is 4.43. The molecule has 1 heterocycles. The van der Waals surface area contributed by atoms with Crippen molar-refractivity contribution in [3.05, 3.63) is 143 Å². The number of benzene rings is 4. The predicted molar refractivity (Wildman–Crippen MR) is 133 cm³/mol. The Labute approximate surface area is 207 Å². The van der Waals surface area contributed by atoms with Crippen LogP contribution in [-0.4, -0.2) is 5.97 Å². The smallest absolute Gasteiger partial charge is 0.323 e. The zero-order chi connectivity index (χ0) is 25.1. The fourth-order valence-corrected chi connectivity index (χ4v) is 4.43. The van der Waals surface area contributed by atoms with Crippen molar-refractivity contribution >= 4 is 5.97 Å². The van der Waals surface area contributed by atoms with E-state index in [2.05, 4.69) is 6.07 Å². The molecule has 0 fully saturated rings. The summed E-state index contributed by atoms with van der Waals surface area (Å²) >= 11 is 0. The highest BCUT2D eigenvalue weighted by Crippen LogP contribution is 2.43. The van der Waals surface area contributed by atoms with Gasteiger partial charge in [-0.25, -0.2) is 4.39 Å². The van der Waals surface area contributed by atoms with E-state index in [0.29, 0.717) is 16.9 Å². The van der Waals surface area contributed by atoms with Crippen LogP contribution in [0.3, 0.4) is 0 Å². The molecular weight excluding hydrogens is 455 g/mol. The fraction of sp³-hybridized carbons (Fsp3) is 0.0667. The topological polar surface area (TPSA) is 85.3 Å². The van der Waals surface area contributed by atoms with Crippen molar-refractivity contribution in [2.75, 3.05) is 0 Å². The quantitative estimate of drug-likeness (QED) is 0.291. The summed E-state index contributed by atoms with van der Waals surface area (Å²) in [6, 6.07) is 31.8. The second-order valence-corrected chi connectivity index (χ2v) is 8.35. The van der Waals surface area contributed by atoms with Crippen LogP contribution >= 0.6 is 0 Å². The van der Waals surface area contributed by atoms with E-state index in [1.54, 1.807) is 30.3 Å². The molecule has 1 aliphatic rings. The Balaban J connectivity index is 1.49. The van der Waals surface area contributed by atoms with Gasteiger partial charge in [0, 0.05) is 11.6 Å². The van der Waals surface area contributed by atoms with Crippen LogP contribution in [0.2, 0.25) is 0 Å². The van der Waals surface area contributed by atoms with Gasteiger partial charge < -0.3 is 15.2 Å². The Kier molecular flexibility index (Phi) is 6.21. The number of nitrogens with zero attached hydrogens (tertiary/aromatic N) is 1. The number of halogens is 1. The van der Waals surface area contributed by atoms with Gasteiger partial charge in [-0.3, -0.25) is 4.79 Å². The molecule has 0 amide bonds. The van der Waals surface area contributed by atoms with Crippen molar-refractivity contribution in [2.24, 2.45) is 5.73 Å². The normalized spacial score (nSPS) is 14.5. The molecule has 5 nitrogen and oxygen atoms in total. The lowest BCUT2D eigenvalue weighted by atomic mass is 9.83. The van der Waals surface area contributed by atoms with Crippen molar-refractivity contribution < 1.29 is 18.7 Å². The lowest BCUT2D eigenvalue weighted by Gasteiger charge is -2.27. The molecule has 0 bridgehead atoms. The Morgan fingerprint density at radius 3 is 2.11 bits per heavy atom. The van der Waals surface area contributed by atoms with Crippen molar-refractivity contribution in [3.8, 4) is 17.6 Å². The van der Waals surface area contributed by atoms with Gasteiger partial charge in [-0.1, -0.05) is 78.9 Å². The highest BCUT2D eigenvalue weighted by Gasteiger charge is 2.31. The number of carbonyl (C=O) groups is 1. The zero-order valence-electron chi connectivity index (χ0n) is 19.1. The van der Waals surface area contributed by atoms with Crippen LogP contribution in [0, 0.1) is 17.1 Å². The molecule has 1 atom stereocenters. The van der Waals surface area contributed by atoms with Crippen LogP contribution in [-0.2, 0) is 4.79 Å². The predicted octanol–water partition coefficient (Wildman–Crippen LogP) is 5.78. The highest BCUT2D eigenvalue weighted by atomic mass is 19.1. The molecule has 176 valence electrons. The minimum absolute atomic E-state index is 0.0470. The second-order valence-electron chi connectivity index (χ2n) is 8.35. The molecular formula is C30H21FN2O3. The van der Waals surface area contributed by atoms with Crippen LogP contribution in [0.4, 0.5) is 4.39 Å². The van der Waals surface area contributed by atoms with Gasteiger partial charge >= 0.3 is 5.97 Å². The van der Waals surface area contributed by atoms with Gasteiger partial charge in [0.25, 0.3) is 0 Å². The van der Waals surface area contributed by atoms with Crippen LogP contribution in [0.1, 0.15) is 34.1 Å². The maximum absolute atomic E-state index is 13.5. The minimum Gasteiger partial charge on any atom is -0.440 e. The number of esters is 1. The summed E-state index contributed by atoms with van der Waals surface area (Å²) in [6.45, 7) is 0. The van der Waals surface area contributed by atoms with E-state index >= 15 is 0 Å². The van der Waals surface area contributed by atoms with Crippen molar-refractivity contribution in [1.82, 2.24) is 0 Å². The standard InChI is InChI=1S/C30H21FN2O3/c31-22-13-11-21(12-14-22)28-24-16-15-23(17-26(24)36-29(33)25(28)18-32)35-30(34)27(19-7-3-1-4-8-19)20-9-5-2-6-10-20/h1-17,27-28H,33H2. The number of hydrogen-bond acceptors (Lipinski definition) is 5. The van der Waals surface area contributed by atoms with Crippen molar-refractivity contribution in [3.63, 3.8) is 0 Å². The molecule has 0 aromatic heterocycles. The summed E-state index contributed by atoms with van der Waals surface area (Å²) in [7, 11) is 0. The van der Waals surface area contributed by atoms with E-state index in [1.807, 2.05) is 60.7 Å². The Hall–Kier alpha value is -4.89. The van der Waals surface area contributed by atoms with Gasteiger partial charge in [0.2, 0.25) is 5.88 Å². The SMILES string of the molecule is N#CC1=C(N)Oc2cc(OC(=O)C(c3ccccc3)c3ccccc3)ccc2C1c1ccc(F)cc1. The van der Waals surface area contributed by atoms with Gasteiger partial charge in [-0.15, -0.1) is 0 Å². The third kappa shape index (κ3) is 4.42. The number of carbonyl (C=O) groups excluding carboxylic acids is 1. The third-order valence-corrected chi connectivity index (χ3v) is 6.11. The first kappa shape index (κ1) is 22.9. The number of nitrogens with two attached hydrogens (primary N) is 1. The lowest BCUT2D eigenvalue weighted by Crippen LogP contribution is -2.22. The molecule has 4 aromatic rings. The summed E-state index contributed by atoms with van der Waals surface area (Å²) < 4.78 is 25.1. The summed E-state index contributed by atoms with van der Waals surface area (Å²) in [5.41, 5.74) is 9.27. The maximum atomic E-state index is 13.5. The molecule has 0 aliphatic carbocycles. The maximum Gasteiger partial charge on any atom is 0.323 e. The van der Waals surface area contributed by atoms with E-state index in [1.165, 1.54) is 12.1 Å². The number of fused-ring (bicyclic) bond motifs is 1.